The molecule has 2 aromatic heterocycles. The van der Waals surface area contributed by atoms with Crippen molar-refractivity contribution >= 4 is 28.8 Å². The number of allylic oxidation sites excluding steroid dienone is 1. The highest BCUT2D eigenvalue weighted by atomic mass is 32.1. The fourth-order valence-corrected chi connectivity index (χ4v) is 4.59. The standard InChI is InChI=1S/C23H30N4O3S/c1-4-6-16-8-7-15(14-25-16)21(29)17-9-10-18-23(22(17)30)31-20(26-18)13-19(28)24-11-5-12-27(2)3/h7-8,14,29H,4-6,9-13H2,1-3H3,(H,24,28). The van der Waals surface area contributed by atoms with Gasteiger partial charge in [0.15, 0.2) is 0 Å². The predicted octanol–water partition coefficient (Wildman–Crippen LogP) is 3.20. The van der Waals surface area contributed by atoms with Crippen LogP contribution in [0, 0.1) is 0 Å². The molecule has 8 heteroatoms. The molecule has 0 unspecified atom stereocenters. The highest BCUT2D eigenvalue weighted by molar-refractivity contribution is 7.14. The van der Waals surface area contributed by atoms with Crippen LogP contribution in [0.1, 0.15) is 57.8 Å². The summed E-state index contributed by atoms with van der Waals surface area (Å²) in [7, 11) is 3.99. The molecule has 0 saturated heterocycles. The molecule has 0 spiro atoms. The zero-order valence-electron chi connectivity index (χ0n) is 18.4. The molecular weight excluding hydrogens is 412 g/mol. The number of aliphatic hydroxyl groups excluding tert-OH is 1. The van der Waals surface area contributed by atoms with Gasteiger partial charge in [0.2, 0.25) is 11.7 Å². The second kappa shape index (κ2) is 10.6. The van der Waals surface area contributed by atoms with E-state index in [1.54, 1.807) is 6.20 Å². The predicted molar refractivity (Wildman–Crippen MR) is 122 cm³/mol. The van der Waals surface area contributed by atoms with Crippen LogP contribution in [-0.2, 0) is 24.1 Å². The first kappa shape index (κ1) is 23.1. The Hall–Kier alpha value is -2.58. The van der Waals surface area contributed by atoms with Gasteiger partial charge in [-0.05, 0) is 58.5 Å². The van der Waals surface area contributed by atoms with Crippen molar-refractivity contribution in [1.82, 2.24) is 20.2 Å². The summed E-state index contributed by atoms with van der Waals surface area (Å²) >= 11 is 1.25. The van der Waals surface area contributed by atoms with Crippen LogP contribution in [0.3, 0.4) is 0 Å². The number of carbonyl (C=O) groups excluding carboxylic acids is 2. The monoisotopic (exact) mass is 442 g/mol. The summed E-state index contributed by atoms with van der Waals surface area (Å²) in [6.07, 6.45) is 5.55. The zero-order chi connectivity index (χ0) is 22.4. The summed E-state index contributed by atoms with van der Waals surface area (Å²) in [4.78, 5) is 36.7. The molecule has 2 N–H and O–H groups in total. The molecule has 0 atom stereocenters. The molecule has 1 aliphatic rings. The van der Waals surface area contributed by atoms with Crippen molar-refractivity contribution in [3.05, 3.63) is 50.7 Å². The Morgan fingerprint density at radius 1 is 1.29 bits per heavy atom. The molecule has 0 aliphatic heterocycles. The third kappa shape index (κ3) is 5.98. The summed E-state index contributed by atoms with van der Waals surface area (Å²) < 4.78 is 0. The van der Waals surface area contributed by atoms with E-state index in [9.17, 15) is 14.7 Å². The number of thiazole rings is 1. The second-order valence-electron chi connectivity index (χ2n) is 8.01. The quantitative estimate of drug-likeness (QED) is 0.352. The van der Waals surface area contributed by atoms with Gasteiger partial charge < -0.3 is 15.3 Å². The van der Waals surface area contributed by atoms with E-state index in [1.807, 2.05) is 26.2 Å². The molecule has 1 amide bonds. The lowest BCUT2D eigenvalue weighted by Gasteiger charge is -2.14. The van der Waals surface area contributed by atoms with Crippen molar-refractivity contribution in [1.29, 1.82) is 0 Å². The van der Waals surface area contributed by atoms with Gasteiger partial charge in [-0.15, -0.1) is 11.3 Å². The van der Waals surface area contributed by atoms with Crippen LogP contribution >= 0.6 is 11.3 Å². The number of Topliss-reactive ketones (excluding diaryl/α,β-unsaturated/α-hetero) is 1. The topological polar surface area (TPSA) is 95.4 Å². The van der Waals surface area contributed by atoms with Crippen LogP contribution in [0.25, 0.3) is 5.76 Å². The van der Waals surface area contributed by atoms with Crippen molar-refractivity contribution in [3.63, 3.8) is 0 Å². The summed E-state index contributed by atoms with van der Waals surface area (Å²) in [5.74, 6) is -0.305. The van der Waals surface area contributed by atoms with Crippen molar-refractivity contribution in [2.45, 2.75) is 45.4 Å². The number of amides is 1. The summed E-state index contributed by atoms with van der Waals surface area (Å²) in [5.41, 5.74) is 2.63. The van der Waals surface area contributed by atoms with E-state index in [4.69, 9.17) is 0 Å². The number of hydrogen-bond donors (Lipinski definition) is 2. The van der Waals surface area contributed by atoms with Gasteiger partial charge in [-0.25, -0.2) is 4.98 Å². The number of aryl methyl sites for hydroxylation is 2. The fraction of sp³-hybridized carbons (Fsp3) is 0.478. The van der Waals surface area contributed by atoms with E-state index in [0.717, 1.165) is 37.2 Å². The molecule has 7 nitrogen and oxygen atoms in total. The molecule has 0 bridgehead atoms. The number of hydrogen-bond acceptors (Lipinski definition) is 7. The third-order valence-corrected chi connectivity index (χ3v) is 6.24. The van der Waals surface area contributed by atoms with E-state index in [1.165, 1.54) is 11.3 Å². The largest absolute Gasteiger partial charge is 0.507 e. The Kier molecular flexibility index (Phi) is 7.92. The van der Waals surface area contributed by atoms with Crippen molar-refractivity contribution in [3.8, 4) is 0 Å². The number of nitrogens with one attached hydrogen (secondary N) is 1. The van der Waals surface area contributed by atoms with Crippen molar-refractivity contribution < 1.29 is 14.7 Å². The molecule has 2 aromatic rings. The van der Waals surface area contributed by atoms with E-state index in [0.29, 0.717) is 40.4 Å². The first-order valence-corrected chi connectivity index (χ1v) is 11.5. The van der Waals surface area contributed by atoms with Gasteiger partial charge in [0.05, 0.1) is 17.0 Å². The summed E-state index contributed by atoms with van der Waals surface area (Å²) in [6.45, 7) is 3.62. The minimum absolute atomic E-state index is 0.0141. The molecule has 0 saturated carbocycles. The highest BCUT2D eigenvalue weighted by Crippen LogP contribution is 2.33. The van der Waals surface area contributed by atoms with Crippen LogP contribution in [0.2, 0.25) is 0 Å². The van der Waals surface area contributed by atoms with Gasteiger partial charge in [-0.1, -0.05) is 13.3 Å². The zero-order valence-corrected chi connectivity index (χ0v) is 19.2. The smallest absolute Gasteiger partial charge is 0.226 e. The molecule has 1 aliphatic carbocycles. The number of ketones is 1. The van der Waals surface area contributed by atoms with E-state index in [-0.39, 0.29) is 23.9 Å². The molecular formula is C23H30N4O3S. The van der Waals surface area contributed by atoms with Gasteiger partial charge in [-0.3, -0.25) is 14.6 Å². The molecule has 31 heavy (non-hydrogen) atoms. The van der Waals surface area contributed by atoms with E-state index < -0.39 is 0 Å². The average Bonchev–Trinajstić information content (AvgIpc) is 3.15. The fourth-order valence-electron chi connectivity index (χ4n) is 3.51. The normalized spacial score (nSPS) is 15.2. The summed E-state index contributed by atoms with van der Waals surface area (Å²) in [6, 6.07) is 3.69. The number of nitrogens with zero attached hydrogens (tertiary/aromatic N) is 3. The molecule has 3 rings (SSSR count). The molecule has 0 radical (unpaired) electrons. The minimum Gasteiger partial charge on any atom is -0.507 e. The van der Waals surface area contributed by atoms with Gasteiger partial charge in [0.1, 0.15) is 10.8 Å². The SMILES string of the molecule is CCCc1ccc(C(O)=C2CCc3nc(CC(=O)NCCCN(C)C)sc3C2=O)cn1. The lowest BCUT2D eigenvalue weighted by Crippen LogP contribution is -2.28. The molecule has 166 valence electrons. The van der Waals surface area contributed by atoms with Crippen molar-refractivity contribution in [2.75, 3.05) is 27.2 Å². The second-order valence-corrected chi connectivity index (χ2v) is 9.10. The Morgan fingerprint density at radius 2 is 2.10 bits per heavy atom. The third-order valence-electron chi connectivity index (χ3n) is 5.14. The maximum Gasteiger partial charge on any atom is 0.226 e. The molecule has 0 fully saturated rings. The van der Waals surface area contributed by atoms with Crippen LogP contribution in [0.4, 0.5) is 0 Å². The van der Waals surface area contributed by atoms with Crippen LogP contribution < -0.4 is 5.32 Å². The number of carbonyl (C=O) groups is 2. The van der Waals surface area contributed by atoms with E-state index >= 15 is 0 Å². The Morgan fingerprint density at radius 3 is 2.77 bits per heavy atom. The Labute approximate surface area is 187 Å². The van der Waals surface area contributed by atoms with Crippen LogP contribution in [0.5, 0.6) is 0 Å². The highest BCUT2D eigenvalue weighted by Gasteiger charge is 2.29. The van der Waals surface area contributed by atoms with Gasteiger partial charge in [-0.2, -0.15) is 0 Å². The van der Waals surface area contributed by atoms with Crippen molar-refractivity contribution in [2.24, 2.45) is 0 Å². The lowest BCUT2D eigenvalue weighted by molar-refractivity contribution is -0.120. The first-order chi connectivity index (χ1) is 14.9. The molecule has 0 aromatic carbocycles. The number of aliphatic hydroxyl groups is 1. The minimum atomic E-state index is -0.202. The molecule has 2 heterocycles. The van der Waals surface area contributed by atoms with Crippen LogP contribution in [0.15, 0.2) is 23.9 Å². The van der Waals surface area contributed by atoms with E-state index in [2.05, 4.69) is 27.1 Å². The summed E-state index contributed by atoms with van der Waals surface area (Å²) in [5, 5.41) is 14.2. The van der Waals surface area contributed by atoms with Gasteiger partial charge in [0, 0.05) is 29.6 Å². The number of rotatable bonds is 9. The Balaban J connectivity index is 1.67. The maximum absolute atomic E-state index is 13.0. The first-order valence-electron chi connectivity index (χ1n) is 10.7. The van der Waals surface area contributed by atoms with Gasteiger partial charge in [0.25, 0.3) is 0 Å². The maximum atomic E-state index is 13.0. The lowest BCUT2D eigenvalue weighted by atomic mass is 9.93. The number of pyridine rings is 1. The Bertz CT molecular complexity index is 964. The number of fused-ring (bicyclic) bond motifs is 1. The average molecular weight is 443 g/mol. The van der Waals surface area contributed by atoms with Gasteiger partial charge >= 0.3 is 0 Å². The van der Waals surface area contributed by atoms with Crippen LogP contribution in [-0.4, -0.2) is 58.8 Å². The number of aromatic nitrogens is 2.